The number of benzene rings is 1. The SMILES string of the molecule is Cc1cc(Br)c(O)c(NC(=O)c2cnn(CC(=O)NC3CCCC3)c2)c1. The Morgan fingerprint density at radius 2 is 2.08 bits per heavy atom. The van der Waals surface area contributed by atoms with E-state index >= 15 is 0 Å². The highest BCUT2D eigenvalue weighted by atomic mass is 79.9. The number of aryl methyl sites for hydroxylation is 1. The number of carbonyl (C=O) groups excluding carboxylic acids is 2. The number of phenols is 1. The van der Waals surface area contributed by atoms with Crippen molar-refractivity contribution in [3.8, 4) is 5.75 Å². The third kappa shape index (κ3) is 4.43. The molecule has 0 bridgehead atoms. The Morgan fingerprint density at radius 3 is 2.81 bits per heavy atom. The number of hydrogen-bond acceptors (Lipinski definition) is 4. The van der Waals surface area contributed by atoms with Crippen LogP contribution in [0.1, 0.15) is 41.6 Å². The van der Waals surface area contributed by atoms with Crippen molar-refractivity contribution in [3.05, 3.63) is 40.1 Å². The summed E-state index contributed by atoms with van der Waals surface area (Å²) in [5, 5.41) is 19.8. The number of anilines is 1. The Balaban J connectivity index is 1.62. The third-order valence-electron chi connectivity index (χ3n) is 4.38. The van der Waals surface area contributed by atoms with Crippen LogP contribution in [0.5, 0.6) is 5.75 Å². The van der Waals surface area contributed by atoms with Gasteiger partial charge < -0.3 is 15.7 Å². The smallest absolute Gasteiger partial charge is 0.258 e. The van der Waals surface area contributed by atoms with Gasteiger partial charge in [-0.15, -0.1) is 0 Å². The molecule has 3 rings (SSSR count). The summed E-state index contributed by atoms with van der Waals surface area (Å²) in [5.41, 5.74) is 1.52. The fourth-order valence-corrected chi connectivity index (χ4v) is 3.66. The monoisotopic (exact) mass is 420 g/mol. The van der Waals surface area contributed by atoms with Crippen LogP contribution in [0, 0.1) is 6.92 Å². The van der Waals surface area contributed by atoms with Crippen LogP contribution in [0.2, 0.25) is 0 Å². The molecule has 1 fully saturated rings. The van der Waals surface area contributed by atoms with Crippen LogP contribution in [0.4, 0.5) is 5.69 Å². The summed E-state index contributed by atoms with van der Waals surface area (Å²) in [7, 11) is 0. The van der Waals surface area contributed by atoms with Gasteiger partial charge in [0.15, 0.2) is 5.75 Å². The lowest BCUT2D eigenvalue weighted by Crippen LogP contribution is -2.35. The van der Waals surface area contributed by atoms with Crippen molar-refractivity contribution in [2.45, 2.75) is 45.2 Å². The lowest BCUT2D eigenvalue weighted by Gasteiger charge is -2.11. The van der Waals surface area contributed by atoms with Crippen molar-refractivity contribution in [3.63, 3.8) is 0 Å². The zero-order valence-electron chi connectivity index (χ0n) is 14.5. The molecule has 2 amide bonds. The van der Waals surface area contributed by atoms with E-state index in [1.54, 1.807) is 12.1 Å². The van der Waals surface area contributed by atoms with Crippen LogP contribution < -0.4 is 10.6 Å². The maximum atomic E-state index is 12.4. The molecule has 0 radical (unpaired) electrons. The molecule has 1 heterocycles. The van der Waals surface area contributed by atoms with E-state index in [9.17, 15) is 14.7 Å². The van der Waals surface area contributed by atoms with Gasteiger partial charge in [0.1, 0.15) is 6.54 Å². The Labute approximate surface area is 159 Å². The molecule has 1 aromatic carbocycles. The van der Waals surface area contributed by atoms with Gasteiger partial charge in [-0.1, -0.05) is 12.8 Å². The predicted octanol–water partition coefficient (Wildman–Crippen LogP) is 2.97. The van der Waals surface area contributed by atoms with E-state index in [4.69, 9.17) is 0 Å². The minimum atomic E-state index is -0.403. The van der Waals surface area contributed by atoms with Gasteiger partial charge in [0.25, 0.3) is 5.91 Å². The van der Waals surface area contributed by atoms with Crippen LogP contribution >= 0.6 is 15.9 Å². The fraction of sp³-hybridized carbons (Fsp3) is 0.389. The molecule has 1 aliphatic rings. The maximum absolute atomic E-state index is 12.4. The van der Waals surface area contributed by atoms with Crippen molar-refractivity contribution in [1.82, 2.24) is 15.1 Å². The van der Waals surface area contributed by atoms with Crippen molar-refractivity contribution >= 4 is 33.4 Å². The summed E-state index contributed by atoms with van der Waals surface area (Å²) in [4.78, 5) is 24.4. The average Bonchev–Trinajstić information content (AvgIpc) is 3.24. The number of nitrogens with one attached hydrogen (secondary N) is 2. The first-order chi connectivity index (χ1) is 12.4. The van der Waals surface area contributed by atoms with E-state index in [2.05, 4.69) is 31.7 Å². The van der Waals surface area contributed by atoms with E-state index in [0.717, 1.165) is 31.2 Å². The summed E-state index contributed by atoms with van der Waals surface area (Å²) in [6.45, 7) is 1.94. The number of amides is 2. The zero-order valence-corrected chi connectivity index (χ0v) is 16.0. The number of halogens is 1. The topological polar surface area (TPSA) is 96.2 Å². The summed E-state index contributed by atoms with van der Waals surface area (Å²) < 4.78 is 1.94. The minimum absolute atomic E-state index is 0.0349. The van der Waals surface area contributed by atoms with E-state index in [1.165, 1.54) is 17.1 Å². The molecule has 7 nitrogen and oxygen atoms in total. The van der Waals surface area contributed by atoms with Gasteiger partial charge in [-0.2, -0.15) is 5.10 Å². The number of aromatic nitrogens is 2. The predicted molar refractivity (Wildman–Crippen MR) is 101 cm³/mol. The number of nitrogens with zero attached hydrogens (tertiary/aromatic N) is 2. The molecule has 1 aliphatic carbocycles. The fourth-order valence-electron chi connectivity index (χ4n) is 3.08. The van der Waals surface area contributed by atoms with Gasteiger partial charge in [-0.25, -0.2) is 0 Å². The van der Waals surface area contributed by atoms with Crippen LogP contribution in [0.3, 0.4) is 0 Å². The molecule has 3 N–H and O–H groups in total. The van der Waals surface area contributed by atoms with Crippen molar-refractivity contribution in [2.24, 2.45) is 0 Å². The first-order valence-electron chi connectivity index (χ1n) is 8.54. The van der Waals surface area contributed by atoms with Crippen LogP contribution in [0.25, 0.3) is 0 Å². The highest BCUT2D eigenvalue weighted by Gasteiger charge is 2.18. The first kappa shape index (κ1) is 18.4. The van der Waals surface area contributed by atoms with Gasteiger partial charge in [0.2, 0.25) is 5.91 Å². The summed E-state index contributed by atoms with van der Waals surface area (Å²) >= 11 is 3.25. The quantitative estimate of drug-likeness (QED) is 0.647. The number of carbonyl (C=O) groups is 2. The molecular weight excluding hydrogens is 400 g/mol. The number of phenolic OH excluding ortho intramolecular Hbond substituents is 1. The van der Waals surface area contributed by atoms with E-state index in [-0.39, 0.29) is 24.2 Å². The van der Waals surface area contributed by atoms with Crippen LogP contribution in [-0.2, 0) is 11.3 Å². The number of aromatic hydroxyl groups is 1. The summed E-state index contributed by atoms with van der Waals surface area (Å²) in [6.07, 6.45) is 7.27. The second kappa shape index (κ2) is 7.90. The molecule has 1 aromatic heterocycles. The normalized spacial score (nSPS) is 14.4. The van der Waals surface area contributed by atoms with Crippen molar-refractivity contribution < 1.29 is 14.7 Å². The Hall–Kier alpha value is -2.35. The molecule has 2 aromatic rings. The molecule has 0 aliphatic heterocycles. The molecule has 138 valence electrons. The van der Waals surface area contributed by atoms with E-state index in [0.29, 0.717) is 15.7 Å². The number of rotatable bonds is 5. The maximum Gasteiger partial charge on any atom is 0.258 e. The minimum Gasteiger partial charge on any atom is -0.505 e. The summed E-state index contributed by atoms with van der Waals surface area (Å²) in [5.74, 6) is -0.542. The first-order valence-corrected chi connectivity index (χ1v) is 9.34. The highest BCUT2D eigenvalue weighted by molar-refractivity contribution is 9.10. The molecule has 26 heavy (non-hydrogen) atoms. The summed E-state index contributed by atoms with van der Waals surface area (Å²) in [6, 6.07) is 3.69. The zero-order chi connectivity index (χ0) is 18.7. The lowest BCUT2D eigenvalue weighted by atomic mass is 10.2. The Morgan fingerprint density at radius 1 is 1.35 bits per heavy atom. The van der Waals surface area contributed by atoms with Gasteiger partial charge in [0.05, 0.1) is 21.9 Å². The molecular formula is C18H21BrN4O3. The average molecular weight is 421 g/mol. The largest absolute Gasteiger partial charge is 0.505 e. The second-order valence-corrected chi connectivity index (χ2v) is 7.43. The Kier molecular flexibility index (Phi) is 5.61. The van der Waals surface area contributed by atoms with E-state index in [1.807, 2.05) is 6.92 Å². The third-order valence-corrected chi connectivity index (χ3v) is 4.98. The van der Waals surface area contributed by atoms with Crippen molar-refractivity contribution in [2.75, 3.05) is 5.32 Å². The molecule has 0 atom stereocenters. The van der Waals surface area contributed by atoms with Crippen molar-refractivity contribution in [1.29, 1.82) is 0 Å². The number of hydrogen-bond donors (Lipinski definition) is 3. The van der Waals surface area contributed by atoms with Gasteiger partial charge >= 0.3 is 0 Å². The molecule has 0 unspecified atom stereocenters. The lowest BCUT2D eigenvalue weighted by molar-refractivity contribution is -0.122. The molecule has 0 spiro atoms. The van der Waals surface area contributed by atoms with E-state index < -0.39 is 5.91 Å². The molecule has 8 heteroatoms. The van der Waals surface area contributed by atoms with Gasteiger partial charge in [-0.05, 0) is 53.4 Å². The molecule has 1 saturated carbocycles. The van der Waals surface area contributed by atoms with Crippen LogP contribution in [-0.4, -0.2) is 32.7 Å². The second-order valence-electron chi connectivity index (χ2n) is 6.57. The van der Waals surface area contributed by atoms with Crippen LogP contribution in [0.15, 0.2) is 29.0 Å². The van der Waals surface area contributed by atoms with Gasteiger partial charge in [0, 0.05) is 12.2 Å². The highest BCUT2D eigenvalue weighted by Crippen LogP contribution is 2.33. The van der Waals surface area contributed by atoms with Gasteiger partial charge in [-0.3, -0.25) is 14.3 Å². The molecule has 0 saturated heterocycles. The Bertz CT molecular complexity index is 828. The standard InChI is InChI=1S/C18H21BrN4O3/c1-11-6-14(19)17(25)15(7-11)22-18(26)12-8-20-23(9-12)10-16(24)21-13-4-2-3-5-13/h6-9,13,25H,2-5,10H2,1H3,(H,21,24)(H,22,26).